The van der Waals surface area contributed by atoms with E-state index in [2.05, 4.69) is 13.5 Å². The zero-order valence-corrected chi connectivity index (χ0v) is 6.66. The van der Waals surface area contributed by atoms with Crippen LogP contribution in [0.5, 0.6) is 0 Å². The van der Waals surface area contributed by atoms with Crippen molar-refractivity contribution in [2.75, 3.05) is 6.61 Å². The first-order chi connectivity index (χ1) is 4.35. The molecular weight excluding hydrogens is 132 g/mol. The Morgan fingerprint density at radius 3 is 2.78 bits per heavy atom. The van der Waals surface area contributed by atoms with Crippen LogP contribution in [0.4, 0.5) is 0 Å². The number of thioether (sulfide) groups is 1. The topological polar surface area (TPSA) is 20.2 Å². The molecule has 0 spiro atoms. The van der Waals surface area contributed by atoms with Crippen molar-refractivity contribution in [3.63, 3.8) is 0 Å². The summed E-state index contributed by atoms with van der Waals surface area (Å²) in [6, 6.07) is 0. The van der Waals surface area contributed by atoms with Crippen LogP contribution in [0.1, 0.15) is 19.8 Å². The number of rotatable bonds is 5. The van der Waals surface area contributed by atoms with E-state index in [9.17, 15) is 0 Å². The second kappa shape index (κ2) is 6.17. The maximum atomic E-state index is 8.72. The summed E-state index contributed by atoms with van der Waals surface area (Å²) in [4.78, 5) is 0. The maximum absolute atomic E-state index is 8.72. The lowest BCUT2D eigenvalue weighted by Gasteiger charge is -2.07. The van der Waals surface area contributed by atoms with Gasteiger partial charge in [-0.15, -0.1) is 11.8 Å². The highest BCUT2D eigenvalue weighted by molar-refractivity contribution is 8.02. The number of aliphatic hydroxyl groups excluding tert-OH is 1. The molecule has 0 aliphatic carbocycles. The smallest absolute Gasteiger partial charge is 0.0553 e. The van der Waals surface area contributed by atoms with Crippen molar-refractivity contribution in [1.29, 1.82) is 0 Å². The lowest BCUT2D eigenvalue weighted by Crippen LogP contribution is -2.05. The Kier molecular flexibility index (Phi) is 6.21. The summed E-state index contributed by atoms with van der Waals surface area (Å²) in [5, 5.41) is 10.9. The third-order valence-corrected chi connectivity index (χ3v) is 2.07. The Morgan fingerprint density at radius 1 is 1.78 bits per heavy atom. The molecule has 0 aromatic heterocycles. The van der Waals surface area contributed by atoms with E-state index < -0.39 is 0 Å². The number of hydrogen-bond acceptors (Lipinski definition) is 2. The van der Waals surface area contributed by atoms with Crippen molar-refractivity contribution >= 4 is 11.8 Å². The highest BCUT2D eigenvalue weighted by atomic mass is 32.2. The fraction of sp³-hybridized carbons (Fsp3) is 0.714. The van der Waals surface area contributed by atoms with E-state index in [4.69, 9.17) is 5.11 Å². The number of hydrogen-bond donors (Lipinski definition) is 1. The van der Waals surface area contributed by atoms with Gasteiger partial charge in [0.1, 0.15) is 0 Å². The van der Waals surface area contributed by atoms with E-state index in [0.29, 0.717) is 5.25 Å². The van der Waals surface area contributed by atoms with Crippen LogP contribution in [-0.2, 0) is 0 Å². The first-order valence-corrected chi connectivity index (χ1v) is 4.16. The van der Waals surface area contributed by atoms with Crippen molar-refractivity contribution in [2.24, 2.45) is 0 Å². The van der Waals surface area contributed by atoms with Gasteiger partial charge in [-0.2, -0.15) is 0 Å². The summed E-state index contributed by atoms with van der Waals surface area (Å²) in [5.74, 6) is 0. The van der Waals surface area contributed by atoms with E-state index in [-0.39, 0.29) is 6.61 Å². The monoisotopic (exact) mass is 146 g/mol. The minimum atomic E-state index is 0.268. The third kappa shape index (κ3) is 4.55. The van der Waals surface area contributed by atoms with E-state index in [1.54, 1.807) is 17.2 Å². The Labute approximate surface area is 61.2 Å². The Balaban J connectivity index is 3.28. The van der Waals surface area contributed by atoms with E-state index in [0.717, 1.165) is 12.8 Å². The fourth-order valence-corrected chi connectivity index (χ4v) is 1.39. The molecule has 1 unspecified atom stereocenters. The summed E-state index contributed by atoms with van der Waals surface area (Å²) in [5.41, 5.74) is 0. The summed E-state index contributed by atoms with van der Waals surface area (Å²) in [6.07, 6.45) is 2.21. The zero-order chi connectivity index (χ0) is 7.11. The van der Waals surface area contributed by atoms with Crippen LogP contribution >= 0.6 is 11.8 Å². The Bertz CT molecular complexity index is 73.3. The van der Waals surface area contributed by atoms with Gasteiger partial charge in [0.2, 0.25) is 0 Å². The van der Waals surface area contributed by atoms with Crippen molar-refractivity contribution < 1.29 is 5.11 Å². The molecule has 9 heavy (non-hydrogen) atoms. The van der Waals surface area contributed by atoms with Gasteiger partial charge in [-0.05, 0) is 11.8 Å². The summed E-state index contributed by atoms with van der Waals surface area (Å²) >= 11 is 1.61. The van der Waals surface area contributed by atoms with Crippen LogP contribution in [0, 0.1) is 0 Å². The standard InChI is InChI=1S/C7H14OS/c1-3-5-7(6-8)9-4-2/h4,7-8H,2-3,5-6H2,1H3. The zero-order valence-electron chi connectivity index (χ0n) is 5.84. The molecule has 0 aliphatic rings. The lowest BCUT2D eigenvalue weighted by molar-refractivity contribution is 0.290. The van der Waals surface area contributed by atoms with Gasteiger partial charge in [0.15, 0.2) is 0 Å². The summed E-state index contributed by atoms with van der Waals surface area (Å²) < 4.78 is 0. The third-order valence-electron chi connectivity index (χ3n) is 1.10. The molecule has 0 heterocycles. The molecule has 0 saturated carbocycles. The van der Waals surface area contributed by atoms with Gasteiger partial charge in [0.25, 0.3) is 0 Å². The van der Waals surface area contributed by atoms with Gasteiger partial charge in [-0.3, -0.25) is 0 Å². The quantitative estimate of drug-likeness (QED) is 0.640. The molecule has 0 saturated heterocycles. The fourth-order valence-electron chi connectivity index (χ4n) is 0.660. The largest absolute Gasteiger partial charge is 0.395 e. The van der Waals surface area contributed by atoms with Crippen molar-refractivity contribution in [1.82, 2.24) is 0 Å². The molecule has 0 amide bonds. The van der Waals surface area contributed by atoms with Gasteiger partial charge in [-0.25, -0.2) is 0 Å². The second-order valence-corrected chi connectivity index (χ2v) is 3.17. The first kappa shape index (κ1) is 9.05. The predicted octanol–water partition coefficient (Wildman–Crippen LogP) is 2.02. The molecule has 1 nitrogen and oxygen atoms in total. The Morgan fingerprint density at radius 2 is 2.44 bits per heavy atom. The van der Waals surface area contributed by atoms with Gasteiger partial charge in [-0.1, -0.05) is 19.9 Å². The molecule has 0 aromatic carbocycles. The maximum Gasteiger partial charge on any atom is 0.0553 e. The second-order valence-electron chi connectivity index (χ2n) is 1.90. The minimum absolute atomic E-state index is 0.268. The van der Waals surface area contributed by atoms with Crippen molar-refractivity contribution in [3.05, 3.63) is 12.0 Å². The Hall–Kier alpha value is 0.0500. The van der Waals surface area contributed by atoms with Crippen LogP contribution in [0.3, 0.4) is 0 Å². The normalized spacial score (nSPS) is 13.1. The van der Waals surface area contributed by atoms with Gasteiger partial charge >= 0.3 is 0 Å². The average molecular weight is 146 g/mol. The van der Waals surface area contributed by atoms with Gasteiger partial charge < -0.3 is 5.11 Å². The molecule has 1 atom stereocenters. The van der Waals surface area contributed by atoms with Crippen LogP contribution in [0.2, 0.25) is 0 Å². The van der Waals surface area contributed by atoms with Crippen LogP contribution in [-0.4, -0.2) is 17.0 Å². The van der Waals surface area contributed by atoms with Crippen molar-refractivity contribution in [2.45, 2.75) is 25.0 Å². The number of aliphatic hydroxyl groups is 1. The molecule has 0 bridgehead atoms. The molecule has 0 radical (unpaired) electrons. The van der Waals surface area contributed by atoms with Gasteiger partial charge in [0.05, 0.1) is 6.61 Å². The highest BCUT2D eigenvalue weighted by Gasteiger charge is 2.02. The summed E-state index contributed by atoms with van der Waals surface area (Å²) in [7, 11) is 0. The molecule has 0 rings (SSSR count). The highest BCUT2D eigenvalue weighted by Crippen LogP contribution is 2.15. The lowest BCUT2D eigenvalue weighted by atomic mass is 10.3. The molecule has 0 fully saturated rings. The molecule has 2 heteroatoms. The molecule has 1 N–H and O–H groups in total. The van der Waals surface area contributed by atoms with Crippen LogP contribution in [0.15, 0.2) is 12.0 Å². The average Bonchev–Trinajstić information content (AvgIpc) is 1.88. The van der Waals surface area contributed by atoms with E-state index in [1.807, 2.05) is 0 Å². The SMILES string of the molecule is C=CSC(CO)CCC. The first-order valence-electron chi connectivity index (χ1n) is 3.22. The van der Waals surface area contributed by atoms with E-state index in [1.165, 1.54) is 0 Å². The predicted molar refractivity (Wildman–Crippen MR) is 43.6 cm³/mol. The van der Waals surface area contributed by atoms with Gasteiger partial charge in [0, 0.05) is 5.25 Å². The van der Waals surface area contributed by atoms with E-state index >= 15 is 0 Å². The molecule has 0 aromatic rings. The van der Waals surface area contributed by atoms with Crippen LogP contribution in [0.25, 0.3) is 0 Å². The molecule has 54 valence electrons. The molecular formula is C7H14OS. The van der Waals surface area contributed by atoms with Crippen LogP contribution < -0.4 is 0 Å². The molecule has 0 aliphatic heterocycles. The minimum Gasteiger partial charge on any atom is -0.395 e. The summed E-state index contributed by atoms with van der Waals surface area (Å²) in [6.45, 7) is 5.97. The van der Waals surface area contributed by atoms with Crippen molar-refractivity contribution in [3.8, 4) is 0 Å².